The minimum Gasteiger partial charge on any atom is -0.327 e. The maximum atomic E-state index is 5.76. The van der Waals surface area contributed by atoms with Crippen molar-refractivity contribution in [1.29, 1.82) is 0 Å². The van der Waals surface area contributed by atoms with E-state index < -0.39 is 0 Å². The monoisotopic (exact) mass is 263 g/mol. The quantitative estimate of drug-likeness (QED) is 0.610. The van der Waals surface area contributed by atoms with Crippen molar-refractivity contribution in [1.82, 2.24) is 0 Å². The van der Waals surface area contributed by atoms with Crippen LogP contribution >= 0.6 is 36.8 Å². The Morgan fingerprint density at radius 3 is 2.53 bits per heavy atom. The summed E-state index contributed by atoms with van der Waals surface area (Å²) in [6, 6.07) is 10.8. The molecule has 0 aliphatic carbocycles. The van der Waals surface area contributed by atoms with E-state index >= 15 is 0 Å². The van der Waals surface area contributed by atoms with Crippen LogP contribution in [0.3, 0.4) is 0 Å². The Morgan fingerprint density at radius 1 is 1.27 bits per heavy atom. The number of benzene rings is 1. The molecule has 15 heavy (non-hydrogen) atoms. The predicted molar refractivity (Wildman–Crippen MR) is 76.3 cm³/mol. The summed E-state index contributed by atoms with van der Waals surface area (Å²) in [6.07, 6.45) is 1.06. The number of hydrogen-bond donors (Lipinski definition) is 2. The van der Waals surface area contributed by atoms with Crippen molar-refractivity contribution < 1.29 is 0 Å². The molecule has 0 spiro atoms. The van der Waals surface area contributed by atoms with Crippen LogP contribution in [0.2, 0.25) is 0 Å². The first-order valence-corrected chi connectivity index (χ1v) is 6.59. The average Bonchev–Trinajstić information content (AvgIpc) is 2.25. The van der Waals surface area contributed by atoms with Gasteiger partial charge in [0.15, 0.2) is 0 Å². The molecule has 0 heterocycles. The molecule has 0 amide bonds. The molecule has 1 aromatic rings. The molecule has 0 aliphatic heterocycles. The fourth-order valence-electron chi connectivity index (χ4n) is 1.09. The molecule has 0 radical (unpaired) electrons. The predicted octanol–water partition coefficient (Wildman–Crippen LogP) is 2.99. The average molecular weight is 264 g/mol. The van der Waals surface area contributed by atoms with Crippen LogP contribution in [0.25, 0.3) is 0 Å². The fraction of sp³-hybridized carbons (Fsp3) is 0.455. The van der Waals surface area contributed by atoms with Crippen molar-refractivity contribution in [2.45, 2.75) is 18.2 Å². The molecule has 1 aromatic carbocycles. The summed E-state index contributed by atoms with van der Waals surface area (Å²) in [5.74, 6) is 2.99. The zero-order valence-corrected chi connectivity index (χ0v) is 11.2. The van der Waals surface area contributed by atoms with Gasteiger partial charge in [-0.2, -0.15) is 24.4 Å². The Hall–Kier alpha value is 0.170. The van der Waals surface area contributed by atoms with E-state index in [0.29, 0.717) is 0 Å². The molecule has 86 valence electrons. The van der Waals surface area contributed by atoms with Crippen molar-refractivity contribution in [3.05, 3.63) is 35.9 Å². The molecule has 0 aromatic heterocycles. The number of hydrogen-bond acceptors (Lipinski definition) is 3. The normalized spacial score (nSPS) is 11.9. The summed E-state index contributed by atoms with van der Waals surface area (Å²) in [5.41, 5.74) is 7.15. The lowest BCUT2D eigenvalue weighted by Crippen LogP contribution is -2.22. The summed E-state index contributed by atoms with van der Waals surface area (Å²) in [4.78, 5) is 0. The van der Waals surface area contributed by atoms with E-state index in [9.17, 15) is 0 Å². The summed E-state index contributed by atoms with van der Waals surface area (Å²) >= 11 is 6.09. The minimum absolute atomic E-state index is 0. The second-order valence-corrected chi connectivity index (χ2v) is 4.74. The van der Waals surface area contributed by atoms with Crippen LogP contribution in [0.5, 0.6) is 0 Å². The van der Waals surface area contributed by atoms with Crippen LogP contribution in [-0.4, -0.2) is 17.5 Å². The standard InChI is InChI=1S/C11H17NS2.ClH/c12-11(8-13)6-7-14-9-10-4-2-1-3-5-10;/h1-5,11,13H,6-9,12H2;1H/t11-;/m1./s1. The van der Waals surface area contributed by atoms with Gasteiger partial charge in [-0.1, -0.05) is 30.3 Å². The highest BCUT2D eigenvalue weighted by Crippen LogP contribution is 2.13. The lowest BCUT2D eigenvalue weighted by atomic mass is 10.2. The first kappa shape index (κ1) is 15.2. The van der Waals surface area contributed by atoms with Gasteiger partial charge in [-0.15, -0.1) is 12.4 Å². The third kappa shape index (κ3) is 7.12. The van der Waals surface area contributed by atoms with Gasteiger partial charge >= 0.3 is 0 Å². The van der Waals surface area contributed by atoms with E-state index in [0.717, 1.165) is 23.7 Å². The lowest BCUT2D eigenvalue weighted by Gasteiger charge is -2.07. The Morgan fingerprint density at radius 2 is 1.93 bits per heavy atom. The van der Waals surface area contributed by atoms with Gasteiger partial charge in [0.05, 0.1) is 0 Å². The maximum Gasteiger partial charge on any atom is 0.0184 e. The van der Waals surface area contributed by atoms with E-state index in [1.165, 1.54) is 5.56 Å². The second-order valence-electron chi connectivity index (χ2n) is 3.27. The molecule has 0 aliphatic rings. The van der Waals surface area contributed by atoms with Gasteiger partial charge in [-0.25, -0.2) is 0 Å². The molecule has 0 fully saturated rings. The van der Waals surface area contributed by atoms with E-state index in [2.05, 4.69) is 36.9 Å². The van der Waals surface area contributed by atoms with Crippen molar-refractivity contribution in [2.24, 2.45) is 5.73 Å². The molecule has 0 bridgehead atoms. The molecule has 1 rings (SSSR count). The van der Waals surface area contributed by atoms with E-state index in [1.807, 2.05) is 17.8 Å². The van der Waals surface area contributed by atoms with Crippen LogP contribution < -0.4 is 5.73 Å². The number of thioether (sulfide) groups is 1. The Bertz CT molecular complexity index is 244. The molecule has 0 unspecified atom stereocenters. The Labute approximate surface area is 108 Å². The van der Waals surface area contributed by atoms with Gasteiger partial charge in [0.25, 0.3) is 0 Å². The maximum absolute atomic E-state index is 5.76. The number of halogens is 1. The number of rotatable bonds is 6. The first-order valence-electron chi connectivity index (χ1n) is 4.81. The van der Waals surface area contributed by atoms with E-state index in [1.54, 1.807) is 0 Å². The fourth-order valence-corrected chi connectivity index (χ4v) is 2.31. The van der Waals surface area contributed by atoms with Crippen LogP contribution in [0.1, 0.15) is 12.0 Å². The van der Waals surface area contributed by atoms with Crippen molar-refractivity contribution in [3.63, 3.8) is 0 Å². The lowest BCUT2D eigenvalue weighted by molar-refractivity contribution is 0.733. The van der Waals surface area contributed by atoms with Crippen molar-refractivity contribution in [3.8, 4) is 0 Å². The molecule has 4 heteroatoms. The SMILES string of the molecule is Cl.N[C@@H](CS)CCSCc1ccccc1. The zero-order valence-electron chi connectivity index (χ0n) is 8.63. The van der Waals surface area contributed by atoms with Crippen LogP contribution in [0, 0.1) is 0 Å². The van der Waals surface area contributed by atoms with Crippen LogP contribution in [0.15, 0.2) is 30.3 Å². The number of thiol groups is 1. The van der Waals surface area contributed by atoms with Gasteiger partial charge in [0, 0.05) is 17.5 Å². The van der Waals surface area contributed by atoms with Crippen LogP contribution in [0.4, 0.5) is 0 Å². The first-order chi connectivity index (χ1) is 6.83. The summed E-state index contributed by atoms with van der Waals surface area (Å²) < 4.78 is 0. The van der Waals surface area contributed by atoms with Gasteiger partial charge in [0.2, 0.25) is 0 Å². The highest BCUT2D eigenvalue weighted by molar-refractivity contribution is 7.98. The topological polar surface area (TPSA) is 26.0 Å². The van der Waals surface area contributed by atoms with Crippen molar-refractivity contribution >= 4 is 36.8 Å². The molecule has 1 atom stereocenters. The second kappa shape index (κ2) is 9.40. The summed E-state index contributed by atoms with van der Waals surface area (Å²) in [6.45, 7) is 0. The molecular weight excluding hydrogens is 246 g/mol. The van der Waals surface area contributed by atoms with E-state index in [4.69, 9.17) is 5.73 Å². The van der Waals surface area contributed by atoms with Crippen molar-refractivity contribution in [2.75, 3.05) is 11.5 Å². The van der Waals surface area contributed by atoms with Gasteiger partial charge in [-0.3, -0.25) is 0 Å². The van der Waals surface area contributed by atoms with Gasteiger partial charge in [0.1, 0.15) is 0 Å². The third-order valence-corrected chi connectivity index (χ3v) is 3.51. The summed E-state index contributed by atoms with van der Waals surface area (Å²) in [7, 11) is 0. The Kier molecular flexibility index (Phi) is 9.51. The minimum atomic E-state index is 0. The molecule has 0 saturated heterocycles. The molecule has 2 N–H and O–H groups in total. The van der Waals surface area contributed by atoms with Gasteiger partial charge < -0.3 is 5.73 Å². The molecule has 0 saturated carbocycles. The smallest absolute Gasteiger partial charge is 0.0184 e. The highest BCUT2D eigenvalue weighted by atomic mass is 35.5. The van der Waals surface area contributed by atoms with Gasteiger partial charge in [-0.05, 0) is 17.7 Å². The molecule has 1 nitrogen and oxygen atoms in total. The van der Waals surface area contributed by atoms with Crippen LogP contribution in [-0.2, 0) is 5.75 Å². The largest absolute Gasteiger partial charge is 0.327 e. The van der Waals surface area contributed by atoms with E-state index in [-0.39, 0.29) is 18.4 Å². The summed E-state index contributed by atoms with van der Waals surface area (Å²) in [5, 5.41) is 0. The highest BCUT2D eigenvalue weighted by Gasteiger charge is 1.99. The number of nitrogens with two attached hydrogens (primary N) is 1. The zero-order chi connectivity index (χ0) is 10.2. The Balaban J connectivity index is 0.00000196. The third-order valence-electron chi connectivity index (χ3n) is 1.98. The molecular formula is C11H18ClNS2.